The van der Waals surface area contributed by atoms with E-state index in [4.69, 9.17) is 4.52 Å². The molecule has 0 bridgehead atoms. The molecule has 28 heavy (non-hydrogen) atoms. The molecule has 1 nitrogen and oxygen atoms in total. The van der Waals surface area contributed by atoms with Gasteiger partial charge in [0.15, 0.2) is 0 Å². The molecular formula is C26H25OP. The van der Waals surface area contributed by atoms with Crippen LogP contribution in [0.25, 0.3) is 0 Å². The number of para-hydroxylation sites is 1. The maximum atomic E-state index is 7.23. The van der Waals surface area contributed by atoms with Gasteiger partial charge in [0, 0.05) is 0 Å². The molecule has 0 aromatic heterocycles. The van der Waals surface area contributed by atoms with E-state index in [2.05, 4.69) is 110 Å². The van der Waals surface area contributed by atoms with Gasteiger partial charge < -0.3 is 0 Å². The average molecular weight is 384 g/mol. The molecule has 0 aliphatic rings. The Morgan fingerprint density at radius 2 is 0.821 bits per heavy atom. The summed E-state index contributed by atoms with van der Waals surface area (Å²) in [6, 6.07) is 42.5. The van der Waals surface area contributed by atoms with Gasteiger partial charge >= 0.3 is 167 Å². The molecule has 0 spiro atoms. The first-order valence-corrected chi connectivity index (χ1v) is 12.1. The van der Waals surface area contributed by atoms with Gasteiger partial charge in [-0.2, -0.15) is 0 Å². The van der Waals surface area contributed by atoms with Crippen LogP contribution in [-0.4, -0.2) is 6.16 Å². The van der Waals surface area contributed by atoms with E-state index in [1.54, 1.807) is 0 Å². The van der Waals surface area contributed by atoms with Crippen LogP contribution in [0.3, 0.4) is 0 Å². The third-order valence-corrected chi connectivity index (χ3v) is 11.6. The number of benzene rings is 4. The molecule has 0 fully saturated rings. The van der Waals surface area contributed by atoms with Crippen molar-refractivity contribution >= 4 is 22.7 Å². The van der Waals surface area contributed by atoms with Crippen LogP contribution in [-0.2, 0) is 0 Å². The zero-order valence-corrected chi connectivity index (χ0v) is 17.0. The van der Waals surface area contributed by atoms with Crippen molar-refractivity contribution in [3.05, 3.63) is 121 Å². The summed E-state index contributed by atoms with van der Waals surface area (Å²) < 4.78 is 7.23. The summed E-state index contributed by atoms with van der Waals surface area (Å²) in [7, 11) is 0. The first-order valence-electron chi connectivity index (χ1n) is 9.72. The average Bonchev–Trinajstić information content (AvgIpc) is 2.80. The van der Waals surface area contributed by atoms with Crippen LogP contribution in [0.5, 0.6) is 5.75 Å². The summed E-state index contributed by atoms with van der Waals surface area (Å²) in [5.74, 6) is 0.901. The molecule has 0 radical (unpaired) electrons. The molecule has 0 aliphatic heterocycles. The van der Waals surface area contributed by atoms with Crippen LogP contribution in [0.15, 0.2) is 121 Å². The van der Waals surface area contributed by atoms with Crippen LogP contribution in [0.2, 0.25) is 0 Å². The summed E-state index contributed by atoms with van der Waals surface area (Å²) in [4.78, 5) is 0. The maximum absolute atomic E-state index is 7.23. The van der Waals surface area contributed by atoms with Crippen LogP contribution < -0.4 is 20.4 Å². The monoisotopic (exact) mass is 384 g/mol. The molecule has 0 amide bonds. The Hall–Kier alpha value is -2.89. The van der Waals surface area contributed by atoms with Gasteiger partial charge in [0.05, 0.1) is 0 Å². The van der Waals surface area contributed by atoms with Gasteiger partial charge in [-0.15, -0.1) is 0 Å². The van der Waals surface area contributed by atoms with Gasteiger partial charge in [-0.3, -0.25) is 0 Å². The third-order valence-electron chi connectivity index (χ3n) is 5.56. The van der Waals surface area contributed by atoms with E-state index in [1.165, 1.54) is 15.9 Å². The van der Waals surface area contributed by atoms with Gasteiger partial charge in [-0.25, -0.2) is 0 Å². The predicted octanol–water partition coefficient (Wildman–Crippen LogP) is 5.53. The summed E-state index contributed by atoms with van der Waals surface area (Å²) in [6.45, 7) is -0.947. The number of hydrogen-bond acceptors (Lipinski definition) is 1. The first-order chi connectivity index (χ1) is 13.8. The second-order valence-corrected chi connectivity index (χ2v) is 11.7. The van der Waals surface area contributed by atoms with E-state index in [0.29, 0.717) is 0 Å². The van der Waals surface area contributed by atoms with Gasteiger partial charge in [-0.1, -0.05) is 0 Å². The van der Waals surface area contributed by atoms with Crippen LogP contribution in [0.4, 0.5) is 0 Å². The van der Waals surface area contributed by atoms with Crippen molar-refractivity contribution in [3.8, 4) is 5.75 Å². The van der Waals surface area contributed by atoms with Gasteiger partial charge in [0.2, 0.25) is 0 Å². The van der Waals surface area contributed by atoms with E-state index in [1.807, 2.05) is 18.2 Å². The predicted molar refractivity (Wildman–Crippen MR) is 123 cm³/mol. The van der Waals surface area contributed by atoms with E-state index in [-0.39, 0.29) is 0 Å². The quantitative estimate of drug-likeness (QED) is 0.397. The van der Waals surface area contributed by atoms with Crippen molar-refractivity contribution in [2.24, 2.45) is 0 Å². The zero-order chi connectivity index (χ0) is 19.3. The van der Waals surface area contributed by atoms with E-state index >= 15 is 0 Å². The Morgan fingerprint density at radius 3 is 1.14 bits per heavy atom. The van der Waals surface area contributed by atoms with E-state index in [0.717, 1.165) is 11.9 Å². The minimum atomic E-state index is -3.20. The fourth-order valence-electron chi connectivity index (χ4n) is 4.16. The fourth-order valence-corrected chi connectivity index (χ4v) is 9.59. The molecule has 4 aromatic rings. The van der Waals surface area contributed by atoms with Crippen molar-refractivity contribution in [2.45, 2.75) is 6.92 Å². The molecule has 140 valence electrons. The van der Waals surface area contributed by atoms with Gasteiger partial charge in [-0.05, 0) is 0 Å². The summed E-state index contributed by atoms with van der Waals surface area (Å²) in [6.07, 6.45) is 0.874. The Labute approximate surface area is 167 Å². The van der Waals surface area contributed by atoms with Crippen molar-refractivity contribution in [1.29, 1.82) is 0 Å². The Bertz CT molecular complexity index is 916. The second kappa shape index (κ2) is 7.62. The van der Waals surface area contributed by atoms with Crippen LogP contribution in [0, 0.1) is 0 Å². The van der Waals surface area contributed by atoms with Crippen molar-refractivity contribution < 1.29 is 4.52 Å². The molecule has 4 rings (SSSR count). The molecule has 0 aliphatic carbocycles. The summed E-state index contributed by atoms with van der Waals surface area (Å²) in [5, 5.41) is 3.74. The molecule has 0 saturated carbocycles. The number of rotatable bonds is 6. The minimum absolute atomic E-state index is 0.874. The summed E-state index contributed by atoms with van der Waals surface area (Å²) >= 11 is 0. The standard InChI is InChI=1S/C26H25OP/c1-2-28(24-17-9-4-10-18-24,25-19-11-5-12-20-25,26-21-13-6-14-22-26)27-23-15-7-3-8-16-23/h3-22H,2H2,1H3. The Balaban J connectivity index is 2.14. The topological polar surface area (TPSA) is 9.23 Å². The van der Waals surface area contributed by atoms with E-state index < -0.39 is 6.83 Å². The van der Waals surface area contributed by atoms with E-state index in [9.17, 15) is 0 Å². The first kappa shape index (κ1) is 18.5. The van der Waals surface area contributed by atoms with Gasteiger partial charge in [0.25, 0.3) is 0 Å². The van der Waals surface area contributed by atoms with Crippen LogP contribution in [0.1, 0.15) is 6.92 Å². The Morgan fingerprint density at radius 1 is 0.500 bits per heavy atom. The molecule has 0 atom stereocenters. The normalized spacial score (nSPS) is 12.7. The molecule has 0 N–H and O–H groups in total. The SMILES string of the molecule is CCP(Oc1ccccc1)(c1ccccc1)(c1ccccc1)c1ccccc1. The fraction of sp³-hybridized carbons (Fsp3) is 0.0769. The van der Waals surface area contributed by atoms with Crippen LogP contribution >= 0.6 is 6.83 Å². The van der Waals surface area contributed by atoms with Crippen molar-refractivity contribution in [3.63, 3.8) is 0 Å². The summed E-state index contributed by atoms with van der Waals surface area (Å²) in [5.41, 5.74) is 0. The molecule has 0 heterocycles. The molecule has 4 aromatic carbocycles. The molecule has 2 heteroatoms. The van der Waals surface area contributed by atoms with Crippen molar-refractivity contribution in [2.75, 3.05) is 6.16 Å². The molecule has 0 unspecified atom stereocenters. The molecular weight excluding hydrogens is 359 g/mol. The Kier molecular flexibility index (Phi) is 5.03. The van der Waals surface area contributed by atoms with Crippen molar-refractivity contribution in [1.82, 2.24) is 0 Å². The van der Waals surface area contributed by atoms with Gasteiger partial charge in [0.1, 0.15) is 0 Å². The third kappa shape index (κ3) is 2.84. The number of hydrogen-bond donors (Lipinski definition) is 0. The second-order valence-electron chi connectivity index (χ2n) is 6.94. The zero-order valence-electron chi connectivity index (χ0n) is 16.1. The molecule has 0 saturated heterocycles.